The summed E-state index contributed by atoms with van der Waals surface area (Å²) in [6, 6.07) is 0. The summed E-state index contributed by atoms with van der Waals surface area (Å²) in [7, 11) is 0. The first kappa shape index (κ1) is 7.06. The smallest absolute Gasteiger partial charge is 0.165 e. The number of hydrogen-bond acceptors (Lipinski definition) is 1. The topological polar surface area (TPSA) is 27.1 Å². The van der Waals surface area contributed by atoms with Gasteiger partial charge in [0.1, 0.15) is 0 Å². The number of amidine groups is 1. The minimum Gasteiger partial charge on any atom is -0.351 e. The zero-order chi connectivity index (χ0) is 6.69. The molecule has 1 N–H and O–H groups in total. The zero-order valence-electron chi connectivity index (χ0n) is 5.36. The average molecular weight is 191 g/mol. The van der Waals surface area contributed by atoms with Crippen LogP contribution in [-0.2, 0) is 0 Å². The van der Waals surface area contributed by atoms with Gasteiger partial charge in [-0.2, -0.15) is 0 Å². The Labute approximate surface area is 63.9 Å². The van der Waals surface area contributed by atoms with E-state index in [4.69, 9.17) is 5.41 Å². The van der Waals surface area contributed by atoms with Gasteiger partial charge in [-0.05, 0) is 35.2 Å². The van der Waals surface area contributed by atoms with E-state index < -0.39 is 0 Å². The van der Waals surface area contributed by atoms with Crippen LogP contribution in [0.5, 0.6) is 0 Å². The van der Waals surface area contributed by atoms with Gasteiger partial charge >= 0.3 is 0 Å². The largest absolute Gasteiger partial charge is 0.351 e. The number of piperidine rings is 1. The molecule has 0 unspecified atom stereocenters. The fraction of sp³-hybridized carbons (Fsp3) is 0.833. The van der Waals surface area contributed by atoms with Crippen LogP contribution in [0.15, 0.2) is 0 Å². The second kappa shape index (κ2) is 3.20. The van der Waals surface area contributed by atoms with Crippen molar-refractivity contribution in [2.45, 2.75) is 19.3 Å². The Balaban J connectivity index is 2.31. The molecule has 0 amide bonds. The Morgan fingerprint density at radius 3 is 2.11 bits per heavy atom. The highest BCUT2D eigenvalue weighted by Crippen LogP contribution is 2.10. The first-order chi connectivity index (χ1) is 4.30. The SMILES string of the molecule is N=C(Br)N1CCCCC1. The highest BCUT2D eigenvalue weighted by Gasteiger charge is 2.09. The number of likely N-dealkylation sites (tertiary alicyclic amines) is 1. The fourth-order valence-corrected chi connectivity index (χ4v) is 1.44. The Hall–Kier alpha value is -0.0500. The van der Waals surface area contributed by atoms with Crippen LogP contribution >= 0.6 is 15.9 Å². The molecule has 0 radical (unpaired) electrons. The summed E-state index contributed by atoms with van der Waals surface area (Å²) in [5.41, 5.74) is 0. The molecule has 1 fully saturated rings. The predicted molar refractivity (Wildman–Crippen MR) is 42.1 cm³/mol. The van der Waals surface area contributed by atoms with E-state index in [1.807, 2.05) is 0 Å². The van der Waals surface area contributed by atoms with Crippen molar-refractivity contribution < 1.29 is 0 Å². The van der Waals surface area contributed by atoms with Gasteiger partial charge in [0.05, 0.1) is 0 Å². The highest BCUT2D eigenvalue weighted by atomic mass is 79.9. The van der Waals surface area contributed by atoms with Crippen LogP contribution < -0.4 is 0 Å². The zero-order valence-corrected chi connectivity index (χ0v) is 6.95. The van der Waals surface area contributed by atoms with Gasteiger partial charge in [-0.3, -0.25) is 5.41 Å². The maximum absolute atomic E-state index is 7.23. The van der Waals surface area contributed by atoms with Crippen LogP contribution in [-0.4, -0.2) is 22.7 Å². The molecule has 3 heteroatoms. The van der Waals surface area contributed by atoms with Crippen LogP contribution in [0.25, 0.3) is 0 Å². The Bertz CT molecular complexity index is 108. The molecule has 0 bridgehead atoms. The molecule has 1 heterocycles. The lowest BCUT2D eigenvalue weighted by Crippen LogP contribution is -2.31. The quantitative estimate of drug-likeness (QED) is 0.352. The van der Waals surface area contributed by atoms with Gasteiger partial charge in [0, 0.05) is 13.1 Å². The van der Waals surface area contributed by atoms with Crippen molar-refractivity contribution in [3.63, 3.8) is 0 Å². The Morgan fingerprint density at radius 1 is 1.22 bits per heavy atom. The lowest BCUT2D eigenvalue weighted by atomic mass is 10.1. The Morgan fingerprint density at radius 2 is 1.78 bits per heavy atom. The molecule has 0 aromatic heterocycles. The minimum absolute atomic E-state index is 0.544. The van der Waals surface area contributed by atoms with Crippen molar-refractivity contribution in [2.75, 3.05) is 13.1 Å². The number of halogens is 1. The minimum atomic E-state index is 0.544. The molecule has 0 spiro atoms. The summed E-state index contributed by atoms with van der Waals surface area (Å²) in [6.45, 7) is 2.12. The van der Waals surface area contributed by atoms with Gasteiger partial charge in [-0.15, -0.1) is 0 Å². The predicted octanol–water partition coefficient (Wildman–Crippen LogP) is 1.80. The average Bonchev–Trinajstić information content (AvgIpc) is 1.90. The second-order valence-corrected chi connectivity index (χ2v) is 3.09. The van der Waals surface area contributed by atoms with Crippen LogP contribution in [0.4, 0.5) is 0 Å². The standard InChI is InChI=1S/C6H11BrN2/c7-6(8)9-4-2-1-3-5-9/h8H,1-5H2. The number of nitrogens with one attached hydrogen (secondary N) is 1. The molecule has 2 nitrogen and oxygen atoms in total. The van der Waals surface area contributed by atoms with Gasteiger partial charge in [0.2, 0.25) is 0 Å². The van der Waals surface area contributed by atoms with Crippen molar-refractivity contribution >= 4 is 20.7 Å². The summed E-state index contributed by atoms with van der Waals surface area (Å²) in [5.74, 6) is 0. The van der Waals surface area contributed by atoms with Gasteiger partial charge < -0.3 is 4.90 Å². The van der Waals surface area contributed by atoms with Crippen molar-refractivity contribution in [3.8, 4) is 0 Å². The third kappa shape index (κ3) is 1.97. The van der Waals surface area contributed by atoms with Crippen molar-refractivity contribution in [2.24, 2.45) is 0 Å². The molecule has 0 aromatic carbocycles. The monoisotopic (exact) mass is 190 g/mol. The second-order valence-electron chi connectivity index (χ2n) is 2.34. The molecule has 0 saturated carbocycles. The van der Waals surface area contributed by atoms with E-state index >= 15 is 0 Å². The van der Waals surface area contributed by atoms with Gasteiger partial charge in [-0.1, -0.05) is 0 Å². The summed E-state index contributed by atoms with van der Waals surface area (Å²) >= 11 is 3.15. The van der Waals surface area contributed by atoms with Crippen LogP contribution in [0.2, 0.25) is 0 Å². The fourth-order valence-electron chi connectivity index (χ4n) is 1.09. The van der Waals surface area contributed by atoms with Gasteiger partial charge in [-0.25, -0.2) is 0 Å². The van der Waals surface area contributed by atoms with E-state index in [0.717, 1.165) is 13.1 Å². The van der Waals surface area contributed by atoms with Crippen molar-refractivity contribution in [1.29, 1.82) is 5.41 Å². The molecular formula is C6H11BrN2. The number of rotatable bonds is 0. The van der Waals surface area contributed by atoms with E-state index in [0.29, 0.717) is 4.74 Å². The van der Waals surface area contributed by atoms with E-state index in [1.165, 1.54) is 19.3 Å². The highest BCUT2D eigenvalue weighted by molar-refractivity contribution is 9.18. The number of nitrogens with zero attached hydrogens (tertiary/aromatic N) is 1. The van der Waals surface area contributed by atoms with Gasteiger partial charge in [0.25, 0.3) is 0 Å². The molecule has 9 heavy (non-hydrogen) atoms. The lowest BCUT2D eigenvalue weighted by Gasteiger charge is -2.25. The number of hydrogen-bond donors (Lipinski definition) is 1. The van der Waals surface area contributed by atoms with Gasteiger partial charge in [0.15, 0.2) is 4.74 Å². The summed E-state index contributed by atoms with van der Waals surface area (Å²) in [5, 5.41) is 7.23. The maximum atomic E-state index is 7.23. The first-order valence-electron chi connectivity index (χ1n) is 3.30. The molecule has 0 aliphatic carbocycles. The summed E-state index contributed by atoms with van der Waals surface area (Å²) in [4.78, 5) is 2.06. The van der Waals surface area contributed by atoms with Crippen LogP contribution in [0, 0.1) is 5.41 Å². The molecule has 1 saturated heterocycles. The third-order valence-electron chi connectivity index (χ3n) is 1.63. The van der Waals surface area contributed by atoms with Crippen LogP contribution in [0.1, 0.15) is 19.3 Å². The first-order valence-corrected chi connectivity index (χ1v) is 4.09. The van der Waals surface area contributed by atoms with E-state index in [2.05, 4.69) is 20.8 Å². The molecule has 52 valence electrons. The maximum Gasteiger partial charge on any atom is 0.165 e. The van der Waals surface area contributed by atoms with E-state index in [9.17, 15) is 0 Å². The summed E-state index contributed by atoms with van der Waals surface area (Å²) < 4.78 is 0.544. The van der Waals surface area contributed by atoms with Crippen molar-refractivity contribution in [1.82, 2.24) is 4.90 Å². The molecule has 1 aliphatic rings. The molecule has 1 rings (SSSR count). The summed E-state index contributed by atoms with van der Waals surface area (Å²) in [6.07, 6.45) is 3.82. The van der Waals surface area contributed by atoms with E-state index in [1.54, 1.807) is 0 Å². The van der Waals surface area contributed by atoms with E-state index in [-0.39, 0.29) is 0 Å². The Kier molecular flexibility index (Phi) is 2.51. The molecule has 0 atom stereocenters. The molecular weight excluding hydrogens is 180 g/mol. The lowest BCUT2D eigenvalue weighted by molar-refractivity contribution is 0.347. The molecule has 1 aliphatic heterocycles. The van der Waals surface area contributed by atoms with Crippen molar-refractivity contribution in [3.05, 3.63) is 0 Å². The third-order valence-corrected chi connectivity index (χ3v) is 2.14. The van der Waals surface area contributed by atoms with Crippen LogP contribution in [0.3, 0.4) is 0 Å². The normalized spacial score (nSPS) is 19.9. The molecule has 0 aromatic rings.